The number of halogens is 1. The van der Waals surface area contributed by atoms with Crippen LogP contribution in [-0.4, -0.2) is 47.1 Å². The van der Waals surface area contributed by atoms with Crippen molar-refractivity contribution in [1.82, 2.24) is 29.9 Å². The maximum atomic E-state index is 9.60. The van der Waals surface area contributed by atoms with E-state index in [2.05, 4.69) is 136 Å². The highest BCUT2D eigenvalue weighted by Gasteiger charge is 2.20. The smallest absolute Gasteiger partial charge is 0.423 e. The molecular weight excluding hydrogens is 1180 g/mol. The second kappa shape index (κ2) is 27.0. The fourth-order valence-corrected chi connectivity index (χ4v) is 13.9. The van der Waals surface area contributed by atoms with Gasteiger partial charge in [-0.2, -0.15) is 0 Å². The van der Waals surface area contributed by atoms with Crippen LogP contribution >= 0.6 is 34.3 Å². The first-order valence-corrected chi connectivity index (χ1v) is 31.3. The molecule has 91 heavy (non-hydrogen) atoms. The predicted molar refractivity (Wildman–Crippen MR) is 382 cm³/mol. The van der Waals surface area contributed by atoms with Crippen molar-refractivity contribution in [3.05, 3.63) is 308 Å². The third-order valence-corrected chi connectivity index (χ3v) is 18.3. The summed E-state index contributed by atoms with van der Waals surface area (Å²) < 4.78 is 4.74. The van der Waals surface area contributed by atoms with Gasteiger partial charge in [0.2, 0.25) is 0 Å². The van der Waals surface area contributed by atoms with E-state index in [0.29, 0.717) is 45.4 Å². The Morgan fingerprint density at radius 1 is 0.242 bits per heavy atom. The molecule has 436 valence electrons. The summed E-state index contributed by atoms with van der Waals surface area (Å²) in [6.45, 7) is 0. The molecule has 0 unspecified atom stereocenters. The Kier molecular flexibility index (Phi) is 17.6. The fraction of sp³-hybridized carbons (Fsp3) is 0.0127. The van der Waals surface area contributed by atoms with Crippen molar-refractivity contribution in [1.29, 1.82) is 0 Å². The number of aromatic nitrogens is 6. The van der Waals surface area contributed by atoms with Gasteiger partial charge in [-0.15, -0.1) is 22.7 Å². The van der Waals surface area contributed by atoms with Crippen molar-refractivity contribution in [2.45, 2.75) is 7.43 Å². The first-order chi connectivity index (χ1) is 44.4. The first kappa shape index (κ1) is 59.3. The number of rotatable bonds is 10. The first-order valence-electron chi connectivity index (χ1n) is 29.3. The van der Waals surface area contributed by atoms with Crippen LogP contribution in [0.5, 0.6) is 0 Å². The minimum absolute atomic E-state index is 0. The normalized spacial score (nSPS) is 10.9. The third-order valence-electron chi connectivity index (χ3n) is 15.5. The van der Waals surface area contributed by atoms with Crippen molar-refractivity contribution in [3.8, 4) is 102 Å². The molecule has 0 aliphatic carbocycles. The van der Waals surface area contributed by atoms with Crippen molar-refractivity contribution in [3.63, 3.8) is 0 Å². The molecule has 0 spiro atoms. The standard InChI is InChI=1S/C39H25N3S.C21H14ClN3.C18H13BO2S.CH4/c1-4-12-26(13-5-1)31-18-10-20-33-34-21-11-19-32(36(34)43-35(31)33)27-22-24-30(25-23-27)39-41-37(28-14-6-2-7-15-28)40-38(42-39)29-16-8-3-9-17-29;22-18-13-11-17(12-14-18)21-24-19(15-7-3-1-4-8-15)23-20(25-21)16-9-5-2-6-10-16;20-19(21)16-11-5-10-15-14-9-4-8-13(17(14)22-18(15)16)12-6-2-1-3-7-12;/h1-25H;1-14H;1-11,20-21H;1H4. The molecule has 16 rings (SSSR count). The van der Waals surface area contributed by atoms with Crippen LogP contribution in [0.25, 0.3) is 142 Å². The summed E-state index contributed by atoms with van der Waals surface area (Å²) in [5.41, 5.74) is 13.5. The second-order valence-corrected chi connectivity index (χ2v) is 23.7. The van der Waals surface area contributed by atoms with Crippen LogP contribution in [0.4, 0.5) is 0 Å². The zero-order valence-electron chi connectivity index (χ0n) is 48.2. The van der Waals surface area contributed by atoms with Crippen LogP contribution < -0.4 is 5.46 Å². The lowest BCUT2D eigenvalue weighted by atomic mass is 9.80. The molecule has 16 aromatic rings. The average molecular weight is 1230 g/mol. The molecule has 12 heteroatoms. The summed E-state index contributed by atoms with van der Waals surface area (Å²) >= 11 is 9.49. The van der Waals surface area contributed by atoms with E-state index in [9.17, 15) is 10.0 Å². The highest BCUT2D eigenvalue weighted by Crippen LogP contribution is 2.44. The maximum Gasteiger partial charge on any atom is 0.489 e. The highest BCUT2D eigenvalue weighted by molar-refractivity contribution is 7.27. The molecule has 0 bridgehead atoms. The van der Waals surface area contributed by atoms with Crippen molar-refractivity contribution < 1.29 is 10.0 Å². The number of fused-ring (bicyclic) bond motifs is 6. The van der Waals surface area contributed by atoms with E-state index in [-0.39, 0.29) is 7.43 Å². The summed E-state index contributed by atoms with van der Waals surface area (Å²) in [5, 5.41) is 24.7. The molecule has 2 N–H and O–H groups in total. The number of nitrogens with zero attached hydrogens (tertiary/aromatic N) is 6. The second-order valence-electron chi connectivity index (χ2n) is 21.2. The van der Waals surface area contributed by atoms with Gasteiger partial charge < -0.3 is 10.0 Å². The largest absolute Gasteiger partial charge is 0.489 e. The van der Waals surface area contributed by atoms with Crippen LogP contribution in [0.2, 0.25) is 5.02 Å². The van der Waals surface area contributed by atoms with Gasteiger partial charge in [-0.25, -0.2) is 29.9 Å². The fourth-order valence-electron chi connectivity index (χ4n) is 11.1. The van der Waals surface area contributed by atoms with Crippen LogP contribution in [0, 0.1) is 0 Å². The molecule has 0 atom stereocenters. The van der Waals surface area contributed by atoms with Crippen LogP contribution in [0.3, 0.4) is 0 Å². The van der Waals surface area contributed by atoms with Crippen molar-refractivity contribution >= 4 is 87.2 Å². The average Bonchev–Trinajstić information content (AvgIpc) is 2.23. The van der Waals surface area contributed by atoms with E-state index in [0.717, 1.165) is 48.9 Å². The maximum absolute atomic E-state index is 9.60. The van der Waals surface area contributed by atoms with E-state index in [4.69, 9.17) is 26.6 Å². The zero-order chi connectivity index (χ0) is 60.8. The summed E-state index contributed by atoms with van der Waals surface area (Å²) in [5.74, 6) is 3.92. The molecule has 8 nitrogen and oxygen atoms in total. The van der Waals surface area contributed by atoms with Gasteiger partial charge in [0.15, 0.2) is 34.9 Å². The number of thiophene rings is 2. The lowest BCUT2D eigenvalue weighted by Gasteiger charge is -2.09. The Balaban J connectivity index is 0.000000135. The molecule has 0 aliphatic rings. The van der Waals surface area contributed by atoms with Gasteiger partial charge in [0, 0.05) is 73.4 Å². The zero-order valence-corrected chi connectivity index (χ0v) is 50.6. The van der Waals surface area contributed by atoms with E-state index in [1.807, 2.05) is 187 Å². The Hall–Kier alpha value is -10.6. The Morgan fingerprint density at radius 3 is 0.780 bits per heavy atom. The van der Waals surface area contributed by atoms with Gasteiger partial charge in [-0.1, -0.05) is 298 Å². The van der Waals surface area contributed by atoms with Crippen LogP contribution in [-0.2, 0) is 0 Å². The number of hydrogen-bond donors (Lipinski definition) is 2. The summed E-state index contributed by atoms with van der Waals surface area (Å²) in [7, 11) is -1.45. The van der Waals surface area contributed by atoms with Crippen LogP contribution in [0.1, 0.15) is 7.43 Å². The molecule has 0 fully saturated rings. The van der Waals surface area contributed by atoms with Gasteiger partial charge in [0.25, 0.3) is 0 Å². The Bertz CT molecular complexity index is 5030. The van der Waals surface area contributed by atoms with E-state index in [1.54, 1.807) is 17.4 Å². The molecular formula is C79H56BClN6O2S2. The lowest BCUT2D eigenvalue weighted by molar-refractivity contribution is 0.426. The quantitative estimate of drug-likeness (QED) is 0.130. The molecule has 12 aromatic carbocycles. The molecule has 0 amide bonds. The number of benzene rings is 12. The number of hydrogen-bond acceptors (Lipinski definition) is 10. The molecule has 4 aromatic heterocycles. The van der Waals surface area contributed by atoms with Gasteiger partial charge >= 0.3 is 7.12 Å². The summed E-state index contributed by atoms with van der Waals surface area (Å²) in [4.78, 5) is 28.6. The molecule has 0 saturated carbocycles. The molecule has 0 radical (unpaired) electrons. The van der Waals surface area contributed by atoms with E-state index < -0.39 is 7.12 Å². The van der Waals surface area contributed by atoms with Gasteiger partial charge in [-0.3, -0.25) is 0 Å². The molecule has 0 aliphatic heterocycles. The lowest BCUT2D eigenvalue weighted by Crippen LogP contribution is -2.29. The summed E-state index contributed by atoms with van der Waals surface area (Å²) in [6.07, 6.45) is 0. The minimum Gasteiger partial charge on any atom is -0.423 e. The minimum atomic E-state index is -1.45. The predicted octanol–water partition coefficient (Wildman–Crippen LogP) is 20.1. The highest BCUT2D eigenvalue weighted by atomic mass is 35.5. The van der Waals surface area contributed by atoms with E-state index in [1.165, 1.54) is 58.3 Å². The van der Waals surface area contributed by atoms with Gasteiger partial charge in [0.1, 0.15) is 0 Å². The third kappa shape index (κ3) is 12.7. The summed E-state index contributed by atoms with van der Waals surface area (Å²) in [6, 6.07) is 102. The monoisotopic (exact) mass is 1230 g/mol. The van der Waals surface area contributed by atoms with Gasteiger partial charge in [0.05, 0.1) is 0 Å². The Labute approximate surface area is 541 Å². The topological polar surface area (TPSA) is 118 Å². The molecule has 4 heterocycles. The molecule has 0 saturated heterocycles. The van der Waals surface area contributed by atoms with Crippen molar-refractivity contribution in [2.24, 2.45) is 0 Å². The Morgan fingerprint density at radius 2 is 0.473 bits per heavy atom. The van der Waals surface area contributed by atoms with Crippen molar-refractivity contribution in [2.75, 3.05) is 0 Å². The van der Waals surface area contributed by atoms with E-state index >= 15 is 0 Å². The van der Waals surface area contributed by atoms with Crippen LogP contribution in [0.15, 0.2) is 303 Å². The SMILES string of the molecule is C.Clc1ccc(-c2nc(-c3ccccc3)nc(-c3ccccc3)n2)cc1.OB(O)c1cccc2c1sc1c(-c3ccccc3)cccc12.c1ccc(-c2nc(-c3ccccc3)nc(-c3ccc(-c4cccc5c4sc4c(-c6ccccc6)cccc45)cc3)n2)cc1. The van der Waals surface area contributed by atoms with Gasteiger partial charge in [-0.05, 0) is 68.5 Å².